The van der Waals surface area contributed by atoms with Gasteiger partial charge < -0.3 is 10.2 Å². The van der Waals surface area contributed by atoms with Gasteiger partial charge in [0.15, 0.2) is 0 Å². The molecule has 0 spiro atoms. The lowest BCUT2D eigenvalue weighted by atomic mass is 9.87. The minimum absolute atomic E-state index is 0.259. The van der Waals surface area contributed by atoms with Crippen molar-refractivity contribution >= 4 is 5.69 Å². The fourth-order valence-electron chi connectivity index (χ4n) is 1.88. The number of nitrogens with zero attached hydrogens (tertiary/aromatic N) is 2. The molecule has 0 amide bonds. The average molecular weight is 235 g/mol. The third-order valence-corrected chi connectivity index (χ3v) is 3.46. The Morgan fingerprint density at radius 3 is 2.59 bits per heavy atom. The second-order valence-corrected chi connectivity index (χ2v) is 5.69. The quantitative estimate of drug-likeness (QED) is 0.869. The third-order valence-electron chi connectivity index (χ3n) is 3.46. The summed E-state index contributed by atoms with van der Waals surface area (Å²) < 4.78 is 0. The molecule has 0 saturated heterocycles. The molecule has 0 aliphatic rings. The number of pyridine rings is 1. The van der Waals surface area contributed by atoms with Gasteiger partial charge in [0.25, 0.3) is 0 Å². The van der Waals surface area contributed by atoms with Gasteiger partial charge in [-0.3, -0.25) is 4.98 Å². The molecule has 96 valence electrons. The van der Waals surface area contributed by atoms with Crippen molar-refractivity contribution in [1.29, 1.82) is 0 Å². The lowest BCUT2D eigenvalue weighted by Gasteiger charge is -2.37. The zero-order valence-electron chi connectivity index (χ0n) is 11.9. The van der Waals surface area contributed by atoms with E-state index in [-0.39, 0.29) is 5.41 Å². The van der Waals surface area contributed by atoms with E-state index in [0.717, 1.165) is 6.54 Å². The Kier molecular flexibility index (Phi) is 4.52. The molecule has 3 heteroatoms. The predicted octanol–water partition coefficient (Wildman–Crippen LogP) is 2.67. The maximum Gasteiger partial charge on any atom is 0.0442 e. The van der Waals surface area contributed by atoms with Crippen molar-refractivity contribution in [2.45, 2.75) is 40.3 Å². The summed E-state index contributed by atoms with van der Waals surface area (Å²) in [6.07, 6.45) is 3.80. The van der Waals surface area contributed by atoms with Crippen molar-refractivity contribution in [1.82, 2.24) is 10.3 Å². The predicted molar refractivity (Wildman–Crippen MR) is 74.3 cm³/mol. The van der Waals surface area contributed by atoms with Crippen molar-refractivity contribution in [2.75, 3.05) is 19.0 Å². The van der Waals surface area contributed by atoms with E-state index in [1.54, 1.807) is 0 Å². The van der Waals surface area contributed by atoms with Crippen LogP contribution in [0.15, 0.2) is 18.5 Å². The summed E-state index contributed by atoms with van der Waals surface area (Å²) in [6.45, 7) is 9.93. The van der Waals surface area contributed by atoms with Gasteiger partial charge in [0.1, 0.15) is 0 Å². The Morgan fingerprint density at radius 1 is 1.41 bits per heavy atom. The lowest BCUT2D eigenvalue weighted by Crippen LogP contribution is -2.40. The van der Waals surface area contributed by atoms with Crippen LogP contribution < -0.4 is 10.2 Å². The highest BCUT2D eigenvalue weighted by Gasteiger charge is 2.25. The number of aromatic nitrogens is 1. The summed E-state index contributed by atoms with van der Waals surface area (Å²) in [5.74, 6) is 0. The van der Waals surface area contributed by atoms with Crippen LogP contribution in [0.4, 0.5) is 5.69 Å². The second kappa shape index (κ2) is 5.50. The number of nitrogens with one attached hydrogen (secondary N) is 1. The molecule has 1 unspecified atom stereocenters. The topological polar surface area (TPSA) is 28.2 Å². The number of rotatable bonds is 4. The van der Waals surface area contributed by atoms with Gasteiger partial charge in [0, 0.05) is 43.3 Å². The Bertz CT molecular complexity index is 355. The maximum absolute atomic E-state index is 4.20. The molecule has 0 bridgehead atoms. The standard InChI is InChI=1S/C14H25N3/c1-11(14(2,3)4)17(6)13-7-8-16-10-12(13)9-15-5/h7-8,10-11,15H,9H2,1-6H3. The van der Waals surface area contributed by atoms with Gasteiger partial charge in [-0.25, -0.2) is 0 Å². The second-order valence-electron chi connectivity index (χ2n) is 5.69. The molecule has 0 saturated carbocycles. The molecule has 1 atom stereocenters. The van der Waals surface area contributed by atoms with E-state index in [1.165, 1.54) is 11.3 Å². The van der Waals surface area contributed by atoms with Gasteiger partial charge in [-0.15, -0.1) is 0 Å². The highest BCUT2D eigenvalue weighted by atomic mass is 15.1. The molecule has 1 aromatic heterocycles. The summed E-state index contributed by atoms with van der Waals surface area (Å²) >= 11 is 0. The molecule has 0 aromatic carbocycles. The summed E-state index contributed by atoms with van der Waals surface area (Å²) in [5, 5.41) is 3.19. The summed E-state index contributed by atoms with van der Waals surface area (Å²) in [4.78, 5) is 6.54. The highest BCUT2D eigenvalue weighted by Crippen LogP contribution is 2.28. The Hall–Kier alpha value is -1.09. The smallest absolute Gasteiger partial charge is 0.0442 e. The van der Waals surface area contributed by atoms with Gasteiger partial charge in [0.2, 0.25) is 0 Å². The molecule has 0 aliphatic heterocycles. The summed E-state index contributed by atoms with van der Waals surface area (Å²) in [5.41, 5.74) is 2.76. The molecule has 1 heterocycles. The number of anilines is 1. The number of hydrogen-bond donors (Lipinski definition) is 1. The zero-order chi connectivity index (χ0) is 13.1. The maximum atomic E-state index is 4.20. The van der Waals surface area contributed by atoms with Crippen molar-refractivity contribution in [3.63, 3.8) is 0 Å². The molecule has 1 rings (SSSR count). The number of hydrogen-bond acceptors (Lipinski definition) is 3. The molecule has 0 radical (unpaired) electrons. The van der Waals surface area contributed by atoms with Crippen molar-refractivity contribution in [2.24, 2.45) is 5.41 Å². The first-order valence-electron chi connectivity index (χ1n) is 6.18. The van der Waals surface area contributed by atoms with Crippen molar-refractivity contribution < 1.29 is 0 Å². The largest absolute Gasteiger partial charge is 0.371 e. The fraction of sp³-hybridized carbons (Fsp3) is 0.643. The molecular formula is C14H25N3. The summed E-state index contributed by atoms with van der Waals surface area (Å²) in [6, 6.07) is 2.56. The Morgan fingerprint density at radius 2 is 2.06 bits per heavy atom. The third kappa shape index (κ3) is 3.43. The fourth-order valence-corrected chi connectivity index (χ4v) is 1.88. The minimum Gasteiger partial charge on any atom is -0.371 e. The van der Waals surface area contributed by atoms with Crippen LogP contribution in [0.25, 0.3) is 0 Å². The van der Waals surface area contributed by atoms with Crippen LogP contribution in [-0.4, -0.2) is 25.1 Å². The van der Waals surface area contributed by atoms with E-state index in [9.17, 15) is 0 Å². The van der Waals surface area contributed by atoms with Crippen LogP contribution in [0.3, 0.4) is 0 Å². The molecule has 17 heavy (non-hydrogen) atoms. The first kappa shape index (κ1) is 14.0. The van der Waals surface area contributed by atoms with Gasteiger partial charge in [-0.05, 0) is 25.5 Å². The van der Waals surface area contributed by atoms with E-state index in [0.29, 0.717) is 6.04 Å². The molecule has 0 aliphatic carbocycles. The zero-order valence-corrected chi connectivity index (χ0v) is 11.9. The van der Waals surface area contributed by atoms with Crippen molar-refractivity contribution in [3.05, 3.63) is 24.0 Å². The van der Waals surface area contributed by atoms with Gasteiger partial charge in [-0.1, -0.05) is 20.8 Å². The first-order valence-corrected chi connectivity index (χ1v) is 6.18. The van der Waals surface area contributed by atoms with Crippen LogP contribution in [0.1, 0.15) is 33.3 Å². The van der Waals surface area contributed by atoms with Crippen LogP contribution in [0, 0.1) is 5.41 Å². The molecule has 1 aromatic rings. The van der Waals surface area contributed by atoms with Crippen LogP contribution in [0.5, 0.6) is 0 Å². The van der Waals surface area contributed by atoms with Crippen molar-refractivity contribution in [3.8, 4) is 0 Å². The Balaban J connectivity index is 2.99. The summed E-state index contributed by atoms with van der Waals surface area (Å²) in [7, 11) is 4.12. The van der Waals surface area contributed by atoms with E-state index in [2.05, 4.69) is 56.0 Å². The van der Waals surface area contributed by atoms with E-state index in [1.807, 2.05) is 19.4 Å². The van der Waals surface area contributed by atoms with E-state index < -0.39 is 0 Å². The van der Waals surface area contributed by atoms with Crippen LogP contribution in [0.2, 0.25) is 0 Å². The van der Waals surface area contributed by atoms with Gasteiger partial charge in [0.05, 0.1) is 0 Å². The lowest BCUT2D eigenvalue weighted by molar-refractivity contribution is 0.329. The van der Waals surface area contributed by atoms with E-state index in [4.69, 9.17) is 0 Å². The van der Waals surface area contributed by atoms with Gasteiger partial charge in [-0.2, -0.15) is 0 Å². The first-order chi connectivity index (χ1) is 7.88. The SMILES string of the molecule is CNCc1cnccc1N(C)C(C)C(C)(C)C. The van der Waals surface area contributed by atoms with Crippen LogP contribution in [-0.2, 0) is 6.54 Å². The molecular weight excluding hydrogens is 210 g/mol. The van der Waals surface area contributed by atoms with E-state index >= 15 is 0 Å². The highest BCUT2D eigenvalue weighted by molar-refractivity contribution is 5.52. The monoisotopic (exact) mass is 235 g/mol. The normalized spacial score (nSPS) is 13.5. The molecule has 0 fully saturated rings. The van der Waals surface area contributed by atoms with Crippen LogP contribution >= 0.6 is 0 Å². The minimum atomic E-state index is 0.259. The average Bonchev–Trinajstić information content (AvgIpc) is 2.27. The Labute approximate surface area is 105 Å². The van der Waals surface area contributed by atoms with Gasteiger partial charge >= 0.3 is 0 Å². The molecule has 1 N–H and O–H groups in total. The molecule has 3 nitrogen and oxygen atoms in total.